The van der Waals surface area contributed by atoms with Crippen LogP contribution < -0.4 is 10.6 Å². The van der Waals surface area contributed by atoms with E-state index >= 15 is 0 Å². The Morgan fingerprint density at radius 2 is 1.96 bits per heavy atom. The molecule has 6 heteroatoms. The van der Waals surface area contributed by atoms with Crippen molar-refractivity contribution in [3.8, 4) is 0 Å². The van der Waals surface area contributed by atoms with Gasteiger partial charge < -0.3 is 25.0 Å². The largest absolute Gasteiger partial charge is 0.381 e. The van der Waals surface area contributed by atoms with E-state index in [1.165, 1.54) is 32.5 Å². The number of hydrogen-bond donors (Lipinski definition) is 2. The van der Waals surface area contributed by atoms with Gasteiger partial charge in [0.05, 0.1) is 5.60 Å². The first-order valence-corrected chi connectivity index (χ1v) is 9.39. The molecule has 0 spiro atoms. The third kappa shape index (κ3) is 5.90. The fraction of sp³-hybridized carbons (Fsp3) is 0.944. The Labute approximate surface area is 147 Å². The van der Waals surface area contributed by atoms with E-state index in [0.29, 0.717) is 6.04 Å². The highest BCUT2D eigenvalue weighted by molar-refractivity contribution is 5.80. The molecule has 0 aromatic carbocycles. The molecule has 0 aromatic rings. The first-order valence-electron chi connectivity index (χ1n) is 9.39. The predicted octanol–water partition coefficient (Wildman–Crippen LogP) is 1.47. The minimum absolute atomic E-state index is 0.128. The maximum Gasteiger partial charge on any atom is 0.191 e. The molecule has 2 rings (SSSR count). The van der Waals surface area contributed by atoms with E-state index in [0.717, 1.165) is 44.5 Å². The molecule has 2 N–H and O–H groups in total. The molecule has 0 saturated carbocycles. The standard InChI is InChI=1S/C18H36N4O2/c1-15(2)13-22-9-5-16(6-10-22)21-17(19-3)20-14-18(23-4)7-11-24-12-8-18/h15-16H,5-14H2,1-4H3,(H2,19,20,21). The van der Waals surface area contributed by atoms with Gasteiger partial charge in [0.2, 0.25) is 0 Å². The molecule has 2 saturated heterocycles. The van der Waals surface area contributed by atoms with Crippen LogP contribution in [0.15, 0.2) is 4.99 Å². The highest BCUT2D eigenvalue weighted by atomic mass is 16.5. The van der Waals surface area contributed by atoms with Crippen molar-refractivity contribution in [1.29, 1.82) is 0 Å². The maximum atomic E-state index is 5.78. The fourth-order valence-electron chi connectivity index (χ4n) is 3.61. The van der Waals surface area contributed by atoms with Gasteiger partial charge in [0, 0.05) is 72.4 Å². The lowest BCUT2D eigenvalue weighted by Gasteiger charge is -2.37. The summed E-state index contributed by atoms with van der Waals surface area (Å²) in [6, 6.07) is 0.507. The third-order valence-corrected chi connectivity index (χ3v) is 5.19. The van der Waals surface area contributed by atoms with Crippen LogP contribution in [0.3, 0.4) is 0 Å². The van der Waals surface area contributed by atoms with E-state index in [1.807, 2.05) is 7.05 Å². The van der Waals surface area contributed by atoms with Gasteiger partial charge in [-0.15, -0.1) is 0 Å². The van der Waals surface area contributed by atoms with E-state index in [-0.39, 0.29) is 5.60 Å². The lowest BCUT2D eigenvalue weighted by molar-refractivity contribution is -0.0855. The van der Waals surface area contributed by atoms with Gasteiger partial charge in [0.25, 0.3) is 0 Å². The van der Waals surface area contributed by atoms with Gasteiger partial charge in [-0.1, -0.05) is 13.8 Å². The van der Waals surface area contributed by atoms with Crippen molar-refractivity contribution in [2.75, 3.05) is 53.6 Å². The SMILES string of the molecule is CN=C(NCC1(OC)CCOCC1)NC1CCN(CC(C)C)CC1. The summed E-state index contributed by atoms with van der Waals surface area (Å²) in [5.74, 6) is 1.63. The monoisotopic (exact) mass is 340 g/mol. The molecule has 0 radical (unpaired) electrons. The number of ether oxygens (including phenoxy) is 2. The van der Waals surface area contributed by atoms with Crippen molar-refractivity contribution in [1.82, 2.24) is 15.5 Å². The summed E-state index contributed by atoms with van der Waals surface area (Å²) in [4.78, 5) is 6.96. The van der Waals surface area contributed by atoms with Crippen molar-refractivity contribution in [2.45, 2.75) is 51.2 Å². The van der Waals surface area contributed by atoms with Crippen molar-refractivity contribution < 1.29 is 9.47 Å². The Bertz CT molecular complexity index is 386. The zero-order chi connectivity index (χ0) is 17.4. The van der Waals surface area contributed by atoms with Crippen molar-refractivity contribution in [3.05, 3.63) is 0 Å². The zero-order valence-electron chi connectivity index (χ0n) is 15.9. The summed E-state index contributed by atoms with van der Waals surface area (Å²) in [6.07, 6.45) is 4.22. The van der Waals surface area contributed by atoms with E-state index < -0.39 is 0 Å². The number of nitrogens with one attached hydrogen (secondary N) is 2. The van der Waals surface area contributed by atoms with Crippen LogP contribution >= 0.6 is 0 Å². The van der Waals surface area contributed by atoms with Gasteiger partial charge in [-0.2, -0.15) is 0 Å². The summed E-state index contributed by atoms with van der Waals surface area (Å²) >= 11 is 0. The number of aliphatic imine (C=N–C) groups is 1. The summed E-state index contributed by atoms with van der Waals surface area (Å²) < 4.78 is 11.2. The Hall–Kier alpha value is -0.850. The zero-order valence-corrected chi connectivity index (χ0v) is 15.9. The quantitative estimate of drug-likeness (QED) is 0.566. The number of guanidine groups is 1. The summed E-state index contributed by atoms with van der Waals surface area (Å²) in [7, 11) is 3.64. The maximum absolute atomic E-state index is 5.78. The van der Waals surface area contributed by atoms with Gasteiger partial charge >= 0.3 is 0 Å². The topological polar surface area (TPSA) is 58.1 Å². The van der Waals surface area contributed by atoms with Crippen LogP contribution in [0.25, 0.3) is 0 Å². The lowest BCUT2D eigenvalue weighted by atomic mass is 9.94. The van der Waals surface area contributed by atoms with Gasteiger partial charge in [0.15, 0.2) is 5.96 Å². The molecule has 2 aliphatic rings. The molecular weight excluding hydrogens is 304 g/mol. The molecule has 140 valence electrons. The Morgan fingerprint density at radius 1 is 1.29 bits per heavy atom. The van der Waals surface area contributed by atoms with Crippen LogP contribution in [0.2, 0.25) is 0 Å². The molecule has 6 nitrogen and oxygen atoms in total. The summed E-state index contributed by atoms with van der Waals surface area (Å²) in [5.41, 5.74) is -0.128. The third-order valence-electron chi connectivity index (χ3n) is 5.19. The molecule has 24 heavy (non-hydrogen) atoms. The molecule has 0 aliphatic carbocycles. The minimum atomic E-state index is -0.128. The van der Waals surface area contributed by atoms with Gasteiger partial charge in [-0.25, -0.2) is 0 Å². The highest BCUT2D eigenvalue weighted by Crippen LogP contribution is 2.23. The van der Waals surface area contributed by atoms with Crippen LogP contribution in [-0.2, 0) is 9.47 Å². The van der Waals surface area contributed by atoms with Crippen LogP contribution in [0.5, 0.6) is 0 Å². The van der Waals surface area contributed by atoms with Gasteiger partial charge in [-0.3, -0.25) is 4.99 Å². The molecule has 0 bridgehead atoms. The number of methoxy groups -OCH3 is 1. The van der Waals surface area contributed by atoms with Gasteiger partial charge in [0.1, 0.15) is 0 Å². The molecular formula is C18H36N4O2. The smallest absolute Gasteiger partial charge is 0.191 e. The second-order valence-electron chi connectivity index (χ2n) is 7.54. The number of nitrogens with zero attached hydrogens (tertiary/aromatic N) is 2. The first-order chi connectivity index (χ1) is 11.6. The molecule has 0 aromatic heterocycles. The van der Waals surface area contributed by atoms with E-state index in [9.17, 15) is 0 Å². The van der Waals surface area contributed by atoms with Crippen LogP contribution in [-0.4, -0.2) is 76.1 Å². The van der Waals surface area contributed by atoms with Crippen LogP contribution in [0.4, 0.5) is 0 Å². The Balaban J connectivity index is 1.74. The van der Waals surface area contributed by atoms with E-state index in [4.69, 9.17) is 9.47 Å². The molecule has 0 unspecified atom stereocenters. The lowest BCUT2D eigenvalue weighted by Crippen LogP contribution is -2.53. The van der Waals surface area contributed by atoms with Crippen LogP contribution in [0, 0.1) is 5.92 Å². The number of rotatable bonds is 6. The van der Waals surface area contributed by atoms with E-state index in [2.05, 4.69) is 34.4 Å². The van der Waals surface area contributed by atoms with Crippen molar-refractivity contribution >= 4 is 5.96 Å². The van der Waals surface area contributed by atoms with Crippen LogP contribution in [0.1, 0.15) is 39.5 Å². The van der Waals surface area contributed by atoms with E-state index in [1.54, 1.807) is 7.11 Å². The highest BCUT2D eigenvalue weighted by Gasteiger charge is 2.32. The number of piperidine rings is 1. The predicted molar refractivity (Wildman–Crippen MR) is 98.6 cm³/mol. The number of likely N-dealkylation sites (tertiary alicyclic amines) is 1. The average Bonchev–Trinajstić information content (AvgIpc) is 2.60. The fourth-order valence-corrected chi connectivity index (χ4v) is 3.61. The first kappa shape index (κ1) is 19.5. The van der Waals surface area contributed by atoms with Gasteiger partial charge in [-0.05, 0) is 18.8 Å². The summed E-state index contributed by atoms with van der Waals surface area (Å²) in [6.45, 7) is 10.5. The second-order valence-corrected chi connectivity index (χ2v) is 7.54. The minimum Gasteiger partial charge on any atom is -0.381 e. The molecule has 0 atom stereocenters. The summed E-state index contributed by atoms with van der Waals surface area (Å²) in [5, 5.41) is 7.05. The van der Waals surface area contributed by atoms with Crippen molar-refractivity contribution in [3.63, 3.8) is 0 Å². The molecule has 2 aliphatic heterocycles. The van der Waals surface area contributed by atoms with Crippen molar-refractivity contribution in [2.24, 2.45) is 10.9 Å². The molecule has 2 fully saturated rings. The molecule has 2 heterocycles. The molecule has 0 amide bonds. The Kier molecular flexibility index (Phi) is 7.78. The Morgan fingerprint density at radius 3 is 2.50 bits per heavy atom. The average molecular weight is 341 g/mol. The number of hydrogen-bond acceptors (Lipinski definition) is 4. The second kappa shape index (κ2) is 9.59. The normalized spacial score (nSPS) is 23.5.